The van der Waals surface area contributed by atoms with Crippen LogP contribution in [-0.2, 0) is 0 Å². The summed E-state index contributed by atoms with van der Waals surface area (Å²) in [5.41, 5.74) is 0.841. The van der Waals surface area contributed by atoms with E-state index in [9.17, 15) is 9.59 Å². The maximum Gasteiger partial charge on any atom is 0.252 e. The number of hydrogen-bond donors (Lipinski definition) is 2. The standard InChI is InChI=1S/C15H23N3O2/c1-3-5-7-17-14(19)12-9-13(11-16-10-12)15(20)18-8-6-4-2/h9-11H,3-8H2,1-2H3,(H,17,19)(H,18,20). The summed E-state index contributed by atoms with van der Waals surface area (Å²) in [5.74, 6) is -0.372. The van der Waals surface area contributed by atoms with Gasteiger partial charge in [-0.25, -0.2) is 0 Å². The summed E-state index contributed by atoms with van der Waals surface area (Å²) >= 11 is 0. The Hall–Kier alpha value is -1.91. The molecule has 1 rings (SSSR count). The van der Waals surface area contributed by atoms with Crippen molar-refractivity contribution in [1.29, 1.82) is 0 Å². The van der Waals surface area contributed by atoms with Gasteiger partial charge in [0.2, 0.25) is 0 Å². The molecule has 0 atom stereocenters. The second kappa shape index (κ2) is 9.07. The summed E-state index contributed by atoms with van der Waals surface area (Å²) in [4.78, 5) is 27.7. The Morgan fingerprint density at radius 3 is 1.80 bits per heavy atom. The number of nitrogens with one attached hydrogen (secondary N) is 2. The van der Waals surface area contributed by atoms with E-state index in [1.807, 2.05) is 0 Å². The van der Waals surface area contributed by atoms with Crippen LogP contribution in [0, 0.1) is 0 Å². The highest BCUT2D eigenvalue weighted by molar-refractivity contribution is 5.99. The van der Waals surface area contributed by atoms with Crippen LogP contribution in [0.3, 0.4) is 0 Å². The summed E-state index contributed by atoms with van der Waals surface area (Å²) in [7, 11) is 0. The second-order valence-corrected chi connectivity index (χ2v) is 4.68. The third-order valence-corrected chi connectivity index (χ3v) is 2.89. The molecule has 0 aliphatic rings. The second-order valence-electron chi connectivity index (χ2n) is 4.68. The van der Waals surface area contributed by atoms with Crippen LogP contribution in [-0.4, -0.2) is 29.9 Å². The van der Waals surface area contributed by atoms with Crippen molar-refractivity contribution < 1.29 is 9.59 Å². The van der Waals surface area contributed by atoms with Crippen LogP contribution in [0.2, 0.25) is 0 Å². The van der Waals surface area contributed by atoms with Gasteiger partial charge in [-0.05, 0) is 18.9 Å². The molecule has 0 spiro atoms. The van der Waals surface area contributed by atoms with E-state index in [1.54, 1.807) is 6.07 Å². The molecule has 2 amide bonds. The lowest BCUT2D eigenvalue weighted by Crippen LogP contribution is -2.27. The zero-order valence-corrected chi connectivity index (χ0v) is 12.2. The number of carbonyl (C=O) groups is 2. The molecule has 0 radical (unpaired) electrons. The fourth-order valence-electron chi connectivity index (χ4n) is 1.65. The quantitative estimate of drug-likeness (QED) is 0.715. The number of aromatic nitrogens is 1. The van der Waals surface area contributed by atoms with Gasteiger partial charge in [0.05, 0.1) is 11.1 Å². The molecule has 1 heterocycles. The molecular formula is C15H23N3O2. The topological polar surface area (TPSA) is 71.1 Å². The number of pyridine rings is 1. The Morgan fingerprint density at radius 1 is 0.950 bits per heavy atom. The Balaban J connectivity index is 2.60. The molecule has 1 aromatic heterocycles. The molecule has 0 bridgehead atoms. The van der Waals surface area contributed by atoms with Gasteiger partial charge in [-0.15, -0.1) is 0 Å². The number of rotatable bonds is 8. The summed E-state index contributed by atoms with van der Waals surface area (Å²) < 4.78 is 0. The fourth-order valence-corrected chi connectivity index (χ4v) is 1.65. The van der Waals surface area contributed by atoms with Gasteiger partial charge in [0.25, 0.3) is 11.8 Å². The highest BCUT2D eigenvalue weighted by atomic mass is 16.2. The molecule has 0 aromatic carbocycles. The lowest BCUT2D eigenvalue weighted by Gasteiger charge is -2.07. The van der Waals surface area contributed by atoms with E-state index >= 15 is 0 Å². The number of unbranched alkanes of at least 4 members (excludes halogenated alkanes) is 2. The van der Waals surface area contributed by atoms with Gasteiger partial charge in [0.1, 0.15) is 0 Å². The smallest absolute Gasteiger partial charge is 0.252 e. The Kier molecular flexibility index (Phi) is 7.32. The normalized spacial score (nSPS) is 10.1. The largest absolute Gasteiger partial charge is 0.352 e. The lowest BCUT2D eigenvalue weighted by molar-refractivity contribution is 0.0952. The van der Waals surface area contributed by atoms with Gasteiger partial charge in [-0.3, -0.25) is 14.6 Å². The molecule has 5 heteroatoms. The minimum absolute atomic E-state index is 0.186. The minimum Gasteiger partial charge on any atom is -0.352 e. The van der Waals surface area contributed by atoms with E-state index < -0.39 is 0 Å². The van der Waals surface area contributed by atoms with Gasteiger partial charge in [0, 0.05) is 25.5 Å². The van der Waals surface area contributed by atoms with Gasteiger partial charge in [-0.1, -0.05) is 26.7 Å². The van der Waals surface area contributed by atoms with Gasteiger partial charge >= 0.3 is 0 Å². The SMILES string of the molecule is CCCCNC(=O)c1cncc(C(=O)NCCCC)c1. The molecule has 2 N–H and O–H groups in total. The van der Waals surface area contributed by atoms with E-state index in [2.05, 4.69) is 29.5 Å². The minimum atomic E-state index is -0.186. The van der Waals surface area contributed by atoms with Gasteiger partial charge in [-0.2, -0.15) is 0 Å². The summed E-state index contributed by atoms with van der Waals surface area (Å²) in [6, 6.07) is 1.58. The molecule has 20 heavy (non-hydrogen) atoms. The van der Waals surface area contributed by atoms with Crippen molar-refractivity contribution in [3.8, 4) is 0 Å². The molecule has 0 aliphatic heterocycles. The first kappa shape index (κ1) is 16.1. The van der Waals surface area contributed by atoms with Crippen LogP contribution >= 0.6 is 0 Å². The maximum absolute atomic E-state index is 11.9. The third kappa shape index (κ3) is 5.38. The molecule has 0 saturated carbocycles. The van der Waals surface area contributed by atoms with Crippen LogP contribution in [0.15, 0.2) is 18.5 Å². The fraction of sp³-hybridized carbons (Fsp3) is 0.533. The van der Waals surface area contributed by atoms with E-state index in [4.69, 9.17) is 0 Å². The molecule has 0 saturated heterocycles. The summed E-state index contributed by atoms with van der Waals surface area (Å²) in [5, 5.41) is 5.62. The highest BCUT2D eigenvalue weighted by Crippen LogP contribution is 2.03. The monoisotopic (exact) mass is 277 g/mol. The van der Waals surface area contributed by atoms with E-state index in [0.29, 0.717) is 24.2 Å². The van der Waals surface area contributed by atoms with E-state index in [-0.39, 0.29) is 11.8 Å². The molecule has 110 valence electrons. The van der Waals surface area contributed by atoms with Crippen LogP contribution in [0.1, 0.15) is 60.2 Å². The van der Waals surface area contributed by atoms with Crippen molar-refractivity contribution in [2.24, 2.45) is 0 Å². The van der Waals surface area contributed by atoms with Crippen molar-refractivity contribution in [2.45, 2.75) is 39.5 Å². The zero-order chi connectivity index (χ0) is 14.8. The molecule has 5 nitrogen and oxygen atoms in total. The Bertz CT molecular complexity index is 409. The van der Waals surface area contributed by atoms with Crippen molar-refractivity contribution in [2.75, 3.05) is 13.1 Å². The first-order valence-electron chi connectivity index (χ1n) is 7.20. The average Bonchev–Trinajstić information content (AvgIpc) is 2.47. The molecule has 0 unspecified atom stereocenters. The highest BCUT2D eigenvalue weighted by Gasteiger charge is 2.10. The molecule has 1 aromatic rings. The van der Waals surface area contributed by atoms with E-state index in [0.717, 1.165) is 25.7 Å². The third-order valence-electron chi connectivity index (χ3n) is 2.89. The van der Waals surface area contributed by atoms with Crippen molar-refractivity contribution >= 4 is 11.8 Å². The van der Waals surface area contributed by atoms with E-state index in [1.165, 1.54) is 12.4 Å². The van der Waals surface area contributed by atoms with Crippen molar-refractivity contribution in [1.82, 2.24) is 15.6 Å². The average molecular weight is 277 g/mol. The van der Waals surface area contributed by atoms with Gasteiger partial charge < -0.3 is 10.6 Å². The van der Waals surface area contributed by atoms with Crippen molar-refractivity contribution in [3.05, 3.63) is 29.6 Å². The van der Waals surface area contributed by atoms with Gasteiger partial charge in [0.15, 0.2) is 0 Å². The van der Waals surface area contributed by atoms with Crippen LogP contribution in [0.5, 0.6) is 0 Å². The summed E-state index contributed by atoms with van der Waals surface area (Å²) in [6.07, 6.45) is 6.89. The lowest BCUT2D eigenvalue weighted by atomic mass is 10.2. The molecule has 0 aliphatic carbocycles. The number of hydrogen-bond acceptors (Lipinski definition) is 3. The predicted octanol–water partition coefficient (Wildman–Crippen LogP) is 2.14. The number of carbonyl (C=O) groups excluding carboxylic acids is 2. The van der Waals surface area contributed by atoms with Crippen LogP contribution in [0.4, 0.5) is 0 Å². The molecule has 0 fully saturated rings. The Morgan fingerprint density at radius 2 is 1.40 bits per heavy atom. The van der Waals surface area contributed by atoms with Crippen LogP contribution in [0.25, 0.3) is 0 Å². The van der Waals surface area contributed by atoms with Crippen molar-refractivity contribution in [3.63, 3.8) is 0 Å². The first-order chi connectivity index (χ1) is 9.69. The Labute approximate surface area is 120 Å². The zero-order valence-electron chi connectivity index (χ0n) is 12.2. The first-order valence-corrected chi connectivity index (χ1v) is 7.20. The molecular weight excluding hydrogens is 254 g/mol. The predicted molar refractivity (Wildman–Crippen MR) is 78.7 cm³/mol. The number of nitrogens with zero attached hydrogens (tertiary/aromatic N) is 1. The number of amides is 2. The maximum atomic E-state index is 11.9. The van der Waals surface area contributed by atoms with Crippen LogP contribution < -0.4 is 10.6 Å². The summed E-state index contributed by atoms with van der Waals surface area (Å²) in [6.45, 7) is 5.41.